The maximum absolute atomic E-state index is 11.7. The number of para-hydroxylation sites is 2. The van der Waals surface area contributed by atoms with Crippen LogP contribution in [0.25, 0.3) is 0 Å². The molecule has 4 N–H and O–H groups in total. The van der Waals surface area contributed by atoms with Gasteiger partial charge in [0.25, 0.3) is 0 Å². The fourth-order valence-electron chi connectivity index (χ4n) is 1.97. The van der Waals surface area contributed by atoms with Gasteiger partial charge in [-0.3, -0.25) is 0 Å². The molecule has 0 atom stereocenters. The second kappa shape index (κ2) is 7.77. The summed E-state index contributed by atoms with van der Waals surface area (Å²) in [7, 11) is 0. The maximum atomic E-state index is 11.7. The van der Waals surface area contributed by atoms with Gasteiger partial charge >= 0.3 is 6.03 Å². The SMILES string of the molecule is C/C(=N\NC(=O)N/N=C(\C)c1ccccc1O)c1ccccc1O. The summed E-state index contributed by atoms with van der Waals surface area (Å²) in [5.41, 5.74) is 6.51. The summed E-state index contributed by atoms with van der Waals surface area (Å²) in [6.45, 7) is 3.32. The number of nitrogens with one attached hydrogen (secondary N) is 2. The van der Waals surface area contributed by atoms with Crippen molar-refractivity contribution in [1.29, 1.82) is 0 Å². The molecule has 0 aliphatic heterocycles. The summed E-state index contributed by atoms with van der Waals surface area (Å²) in [5, 5.41) is 27.2. The minimum absolute atomic E-state index is 0.0781. The summed E-state index contributed by atoms with van der Waals surface area (Å²) < 4.78 is 0. The first-order chi connectivity index (χ1) is 11.5. The van der Waals surface area contributed by atoms with Crippen LogP contribution in [0.5, 0.6) is 11.5 Å². The minimum Gasteiger partial charge on any atom is -0.507 e. The van der Waals surface area contributed by atoms with Crippen LogP contribution in [0.1, 0.15) is 25.0 Å². The van der Waals surface area contributed by atoms with Gasteiger partial charge in [0, 0.05) is 11.1 Å². The van der Waals surface area contributed by atoms with Crippen LogP contribution in [0.15, 0.2) is 58.7 Å². The minimum atomic E-state index is -0.639. The highest BCUT2D eigenvalue weighted by molar-refractivity contribution is 6.02. The lowest BCUT2D eigenvalue weighted by Crippen LogP contribution is -2.30. The highest BCUT2D eigenvalue weighted by Gasteiger charge is 2.06. The Balaban J connectivity index is 1.99. The van der Waals surface area contributed by atoms with Crippen LogP contribution in [0.2, 0.25) is 0 Å². The molecule has 124 valence electrons. The lowest BCUT2D eigenvalue weighted by Gasteiger charge is -2.06. The predicted molar refractivity (Wildman–Crippen MR) is 92.3 cm³/mol. The Hall–Kier alpha value is -3.35. The molecule has 0 aliphatic rings. The molecule has 7 nitrogen and oxygen atoms in total. The van der Waals surface area contributed by atoms with Crippen molar-refractivity contribution in [3.05, 3.63) is 59.7 Å². The molecule has 2 aromatic carbocycles. The zero-order valence-corrected chi connectivity index (χ0v) is 13.3. The molecule has 7 heteroatoms. The van der Waals surface area contributed by atoms with Crippen molar-refractivity contribution in [2.24, 2.45) is 10.2 Å². The smallest absolute Gasteiger partial charge is 0.355 e. The molecule has 0 radical (unpaired) electrons. The number of hydrogen-bond donors (Lipinski definition) is 4. The number of phenolic OH excluding ortho intramolecular Hbond substituents is 2. The Labute approximate surface area is 139 Å². The molecule has 0 unspecified atom stereocenters. The first kappa shape index (κ1) is 17.0. The number of aromatic hydroxyl groups is 2. The number of carbonyl (C=O) groups excluding carboxylic acids is 1. The Bertz CT molecular complexity index is 734. The Kier molecular flexibility index (Phi) is 5.51. The van der Waals surface area contributed by atoms with Crippen molar-refractivity contribution in [2.75, 3.05) is 0 Å². The quantitative estimate of drug-likeness (QED) is 0.512. The number of urea groups is 1. The second-order valence-electron chi connectivity index (χ2n) is 4.98. The molecule has 2 amide bonds. The van der Waals surface area contributed by atoms with Gasteiger partial charge in [0.05, 0.1) is 11.4 Å². The lowest BCUT2D eigenvalue weighted by molar-refractivity contribution is 0.242. The molecule has 2 aromatic rings. The van der Waals surface area contributed by atoms with E-state index < -0.39 is 6.03 Å². The highest BCUT2D eigenvalue weighted by Crippen LogP contribution is 2.16. The number of carbonyl (C=O) groups is 1. The lowest BCUT2D eigenvalue weighted by atomic mass is 10.1. The van der Waals surface area contributed by atoms with Gasteiger partial charge in [-0.2, -0.15) is 10.2 Å². The molecule has 0 spiro atoms. The molecule has 2 rings (SSSR count). The molecule has 0 saturated heterocycles. The van der Waals surface area contributed by atoms with Crippen LogP contribution in [-0.2, 0) is 0 Å². The van der Waals surface area contributed by atoms with Crippen molar-refractivity contribution in [2.45, 2.75) is 13.8 Å². The second-order valence-corrected chi connectivity index (χ2v) is 4.98. The first-order valence-corrected chi connectivity index (χ1v) is 7.20. The molecular weight excluding hydrogens is 308 g/mol. The average molecular weight is 326 g/mol. The van der Waals surface area contributed by atoms with Crippen LogP contribution < -0.4 is 10.9 Å². The summed E-state index contributed by atoms with van der Waals surface area (Å²) in [5.74, 6) is 0.156. The molecule has 0 heterocycles. The monoisotopic (exact) mass is 326 g/mol. The number of nitrogens with zero attached hydrogens (tertiary/aromatic N) is 2. The van der Waals surface area contributed by atoms with Crippen LogP contribution in [0, 0.1) is 0 Å². The van der Waals surface area contributed by atoms with E-state index in [0.29, 0.717) is 22.6 Å². The largest absolute Gasteiger partial charge is 0.507 e. The number of hydrogen-bond acceptors (Lipinski definition) is 5. The third-order valence-corrected chi connectivity index (χ3v) is 3.24. The number of phenols is 2. The molecular formula is C17H18N4O3. The third-order valence-electron chi connectivity index (χ3n) is 3.24. The summed E-state index contributed by atoms with van der Waals surface area (Å²) in [6.07, 6.45) is 0. The topological polar surface area (TPSA) is 106 Å². The first-order valence-electron chi connectivity index (χ1n) is 7.20. The summed E-state index contributed by atoms with van der Waals surface area (Å²) >= 11 is 0. The van der Waals surface area contributed by atoms with E-state index in [1.54, 1.807) is 50.2 Å². The van der Waals surface area contributed by atoms with E-state index >= 15 is 0 Å². The molecule has 0 aliphatic carbocycles. The zero-order chi connectivity index (χ0) is 17.5. The van der Waals surface area contributed by atoms with E-state index in [-0.39, 0.29) is 11.5 Å². The number of rotatable bonds is 4. The van der Waals surface area contributed by atoms with Crippen LogP contribution >= 0.6 is 0 Å². The van der Waals surface area contributed by atoms with Gasteiger partial charge in [0.15, 0.2) is 0 Å². The van der Waals surface area contributed by atoms with Crippen molar-refractivity contribution in [1.82, 2.24) is 10.9 Å². The molecule has 0 saturated carbocycles. The normalized spacial score (nSPS) is 11.9. The van der Waals surface area contributed by atoms with Gasteiger partial charge in [-0.15, -0.1) is 0 Å². The van der Waals surface area contributed by atoms with Gasteiger partial charge in [0.1, 0.15) is 11.5 Å². The Morgan fingerprint density at radius 3 is 1.54 bits per heavy atom. The van der Waals surface area contributed by atoms with Crippen molar-refractivity contribution in [3.8, 4) is 11.5 Å². The van der Waals surface area contributed by atoms with Crippen molar-refractivity contribution < 1.29 is 15.0 Å². The number of hydrazone groups is 2. The number of benzene rings is 2. The van der Waals surface area contributed by atoms with E-state index in [1.807, 2.05) is 0 Å². The van der Waals surface area contributed by atoms with E-state index in [4.69, 9.17) is 0 Å². The molecule has 0 fully saturated rings. The standard InChI is InChI=1S/C17H18N4O3/c1-11(13-7-3-5-9-15(13)22)18-20-17(24)21-19-12(2)14-8-4-6-10-16(14)23/h3-10,22-23H,1-2H3,(H2,20,21,24)/b18-11+,19-12+. The van der Waals surface area contributed by atoms with Crippen LogP contribution in [0.3, 0.4) is 0 Å². The van der Waals surface area contributed by atoms with Crippen LogP contribution in [-0.4, -0.2) is 27.7 Å². The van der Waals surface area contributed by atoms with E-state index in [2.05, 4.69) is 21.1 Å². The number of amides is 2. The summed E-state index contributed by atoms with van der Waals surface area (Å²) in [4.78, 5) is 11.7. The van der Waals surface area contributed by atoms with Gasteiger partial charge in [0.2, 0.25) is 0 Å². The Morgan fingerprint density at radius 1 is 0.792 bits per heavy atom. The van der Waals surface area contributed by atoms with Crippen molar-refractivity contribution in [3.63, 3.8) is 0 Å². The van der Waals surface area contributed by atoms with Gasteiger partial charge < -0.3 is 10.2 Å². The van der Waals surface area contributed by atoms with E-state index in [1.165, 1.54) is 12.1 Å². The van der Waals surface area contributed by atoms with E-state index in [9.17, 15) is 15.0 Å². The fourth-order valence-corrected chi connectivity index (χ4v) is 1.97. The van der Waals surface area contributed by atoms with Gasteiger partial charge in [-0.05, 0) is 38.1 Å². The molecule has 0 aromatic heterocycles. The van der Waals surface area contributed by atoms with Gasteiger partial charge in [-0.25, -0.2) is 15.6 Å². The average Bonchev–Trinajstić information content (AvgIpc) is 2.58. The molecule has 24 heavy (non-hydrogen) atoms. The maximum Gasteiger partial charge on any atom is 0.355 e. The fraction of sp³-hybridized carbons (Fsp3) is 0.118. The van der Waals surface area contributed by atoms with Gasteiger partial charge in [-0.1, -0.05) is 24.3 Å². The highest BCUT2D eigenvalue weighted by atomic mass is 16.3. The summed E-state index contributed by atoms with van der Waals surface area (Å²) in [6, 6.07) is 12.7. The molecule has 0 bridgehead atoms. The predicted octanol–water partition coefficient (Wildman–Crippen LogP) is 2.55. The van der Waals surface area contributed by atoms with E-state index in [0.717, 1.165) is 0 Å². The third kappa shape index (κ3) is 4.33. The zero-order valence-electron chi connectivity index (χ0n) is 13.3. The Morgan fingerprint density at radius 2 is 1.17 bits per heavy atom. The van der Waals surface area contributed by atoms with Crippen molar-refractivity contribution >= 4 is 17.5 Å². The van der Waals surface area contributed by atoms with Crippen LogP contribution in [0.4, 0.5) is 4.79 Å².